The highest BCUT2D eigenvalue weighted by molar-refractivity contribution is 5.91. The summed E-state index contributed by atoms with van der Waals surface area (Å²) in [4.78, 5) is 25.1. The molecule has 0 aromatic heterocycles. The Morgan fingerprint density at radius 3 is 2.52 bits per heavy atom. The zero-order valence-corrected chi connectivity index (χ0v) is 16.6. The van der Waals surface area contributed by atoms with Gasteiger partial charge in [-0.15, -0.1) is 12.4 Å². The second kappa shape index (κ2) is 10.5. The van der Waals surface area contributed by atoms with E-state index in [2.05, 4.69) is 21.3 Å². The fourth-order valence-electron chi connectivity index (χ4n) is 3.95. The average Bonchev–Trinajstić information content (AvgIpc) is 3.33. The fraction of sp³-hybridized carbons (Fsp3) is 0.600. The summed E-state index contributed by atoms with van der Waals surface area (Å²) in [5, 5.41) is 12.2. The molecule has 1 saturated heterocycles. The largest absolute Gasteiger partial charge is 0.354 e. The minimum absolute atomic E-state index is 0. The minimum atomic E-state index is -0.755. The summed E-state index contributed by atoms with van der Waals surface area (Å²) >= 11 is 0. The molecule has 1 aromatic rings. The van der Waals surface area contributed by atoms with Crippen LogP contribution in [0.5, 0.6) is 0 Å². The van der Waals surface area contributed by atoms with Crippen LogP contribution in [0.15, 0.2) is 30.3 Å². The summed E-state index contributed by atoms with van der Waals surface area (Å²) in [6, 6.07) is 9.50. The Kier molecular flexibility index (Phi) is 8.38. The predicted octanol–water partition coefficient (Wildman–Crippen LogP) is 2.34. The molecule has 3 rings (SSSR count). The molecule has 1 atom stereocenters. The van der Waals surface area contributed by atoms with E-state index in [1.54, 1.807) is 0 Å². The van der Waals surface area contributed by atoms with Gasteiger partial charge in [-0.3, -0.25) is 4.79 Å². The lowest BCUT2D eigenvalue weighted by Gasteiger charge is -2.29. The van der Waals surface area contributed by atoms with Crippen LogP contribution < -0.4 is 21.3 Å². The summed E-state index contributed by atoms with van der Waals surface area (Å²) in [6.07, 6.45) is 5.54. The van der Waals surface area contributed by atoms with Crippen molar-refractivity contribution in [3.8, 4) is 0 Å². The van der Waals surface area contributed by atoms with Crippen molar-refractivity contribution in [3.05, 3.63) is 35.9 Å². The zero-order chi connectivity index (χ0) is 18.2. The Morgan fingerprint density at radius 2 is 1.85 bits per heavy atom. The van der Waals surface area contributed by atoms with Crippen LogP contribution in [0, 0.1) is 5.92 Å². The standard InChI is InChI=1S/C20H30N4O2.ClH/c25-18(22-13-9-17-8-12-21-14-17)20(10-4-5-11-20)24-19(26)23-15-16-6-2-1-3-7-16;/h1-3,6-7,17,21H,4-5,8-15H2,(H,22,25)(H2,23,24,26);1H. The highest BCUT2D eigenvalue weighted by Gasteiger charge is 2.42. The van der Waals surface area contributed by atoms with E-state index in [1.807, 2.05) is 30.3 Å². The van der Waals surface area contributed by atoms with Crippen molar-refractivity contribution in [2.45, 2.75) is 50.6 Å². The Hall–Kier alpha value is -1.79. The maximum absolute atomic E-state index is 12.8. The molecular weight excluding hydrogens is 364 g/mol. The van der Waals surface area contributed by atoms with E-state index in [0.29, 0.717) is 31.8 Å². The lowest BCUT2D eigenvalue weighted by atomic mass is 9.96. The molecule has 1 aromatic carbocycles. The van der Waals surface area contributed by atoms with Crippen molar-refractivity contribution < 1.29 is 9.59 Å². The summed E-state index contributed by atoms with van der Waals surface area (Å²) in [5.74, 6) is 0.618. The van der Waals surface area contributed by atoms with Gasteiger partial charge in [0.25, 0.3) is 0 Å². The molecule has 2 aliphatic rings. The van der Waals surface area contributed by atoms with Crippen molar-refractivity contribution in [2.75, 3.05) is 19.6 Å². The highest BCUT2D eigenvalue weighted by Crippen LogP contribution is 2.30. The van der Waals surface area contributed by atoms with Crippen molar-refractivity contribution in [1.29, 1.82) is 0 Å². The van der Waals surface area contributed by atoms with Crippen LogP contribution in [0.1, 0.15) is 44.1 Å². The maximum Gasteiger partial charge on any atom is 0.315 e. The van der Waals surface area contributed by atoms with E-state index in [-0.39, 0.29) is 24.3 Å². The van der Waals surface area contributed by atoms with E-state index in [4.69, 9.17) is 0 Å². The van der Waals surface area contributed by atoms with Gasteiger partial charge >= 0.3 is 6.03 Å². The van der Waals surface area contributed by atoms with Crippen LogP contribution >= 0.6 is 12.4 Å². The Morgan fingerprint density at radius 1 is 1.11 bits per heavy atom. The van der Waals surface area contributed by atoms with Gasteiger partial charge in [0.05, 0.1) is 0 Å². The third kappa shape index (κ3) is 6.11. The second-order valence-electron chi connectivity index (χ2n) is 7.49. The first-order chi connectivity index (χ1) is 12.7. The minimum Gasteiger partial charge on any atom is -0.354 e. The predicted molar refractivity (Wildman–Crippen MR) is 109 cm³/mol. The molecule has 7 heteroatoms. The monoisotopic (exact) mass is 394 g/mol. The molecule has 0 bridgehead atoms. The molecule has 0 spiro atoms. The normalized spacial score (nSPS) is 20.5. The van der Waals surface area contributed by atoms with Crippen molar-refractivity contribution in [3.63, 3.8) is 0 Å². The van der Waals surface area contributed by atoms with Gasteiger partial charge in [0, 0.05) is 13.1 Å². The van der Waals surface area contributed by atoms with Crippen LogP contribution in [0.25, 0.3) is 0 Å². The molecule has 1 aliphatic carbocycles. The SMILES string of the molecule is Cl.O=C(NCc1ccccc1)NC1(C(=O)NCCC2CCNC2)CCCC1. The summed E-state index contributed by atoms with van der Waals surface area (Å²) in [6.45, 7) is 3.26. The number of amides is 3. The number of carbonyl (C=O) groups is 2. The van der Waals surface area contributed by atoms with Crippen molar-refractivity contribution in [1.82, 2.24) is 21.3 Å². The number of urea groups is 1. The molecule has 1 aliphatic heterocycles. The number of hydrogen-bond acceptors (Lipinski definition) is 3. The second-order valence-corrected chi connectivity index (χ2v) is 7.49. The zero-order valence-electron chi connectivity index (χ0n) is 15.8. The van der Waals surface area contributed by atoms with E-state index in [9.17, 15) is 9.59 Å². The molecule has 150 valence electrons. The Balaban J connectivity index is 0.00000261. The maximum atomic E-state index is 12.8. The average molecular weight is 395 g/mol. The number of carbonyl (C=O) groups excluding carboxylic acids is 2. The molecule has 6 nitrogen and oxygen atoms in total. The van der Waals surface area contributed by atoms with Crippen LogP contribution in [-0.4, -0.2) is 37.1 Å². The van der Waals surface area contributed by atoms with Crippen LogP contribution in [0.4, 0.5) is 4.79 Å². The number of halogens is 1. The molecule has 27 heavy (non-hydrogen) atoms. The quantitative estimate of drug-likeness (QED) is 0.573. The Labute approximate surface area is 167 Å². The van der Waals surface area contributed by atoms with Crippen molar-refractivity contribution in [2.24, 2.45) is 5.92 Å². The van der Waals surface area contributed by atoms with E-state index >= 15 is 0 Å². The van der Waals surface area contributed by atoms with Gasteiger partial charge in [0.2, 0.25) is 5.91 Å². The van der Waals surface area contributed by atoms with Crippen LogP contribution in [0.2, 0.25) is 0 Å². The smallest absolute Gasteiger partial charge is 0.315 e. The number of nitrogens with one attached hydrogen (secondary N) is 4. The topological polar surface area (TPSA) is 82.3 Å². The number of hydrogen-bond donors (Lipinski definition) is 4. The Bertz CT molecular complexity index is 599. The number of benzene rings is 1. The molecule has 2 fully saturated rings. The third-order valence-corrected chi connectivity index (χ3v) is 5.54. The van der Waals surface area contributed by atoms with Gasteiger partial charge in [-0.25, -0.2) is 4.79 Å². The van der Waals surface area contributed by atoms with Gasteiger partial charge in [0.1, 0.15) is 5.54 Å². The van der Waals surface area contributed by atoms with Gasteiger partial charge in [-0.05, 0) is 50.3 Å². The van der Waals surface area contributed by atoms with E-state index < -0.39 is 5.54 Å². The van der Waals surface area contributed by atoms with Crippen LogP contribution in [-0.2, 0) is 11.3 Å². The first-order valence-electron chi connectivity index (χ1n) is 9.77. The molecule has 4 N–H and O–H groups in total. The molecule has 1 heterocycles. The molecule has 3 amide bonds. The summed E-state index contributed by atoms with van der Waals surface area (Å²) in [5.41, 5.74) is 0.284. The fourth-order valence-corrected chi connectivity index (χ4v) is 3.95. The summed E-state index contributed by atoms with van der Waals surface area (Å²) < 4.78 is 0. The van der Waals surface area contributed by atoms with E-state index in [1.165, 1.54) is 6.42 Å². The van der Waals surface area contributed by atoms with Crippen LogP contribution in [0.3, 0.4) is 0 Å². The van der Waals surface area contributed by atoms with Crippen molar-refractivity contribution >= 4 is 24.3 Å². The van der Waals surface area contributed by atoms with E-state index in [0.717, 1.165) is 37.9 Å². The van der Waals surface area contributed by atoms with Gasteiger partial charge < -0.3 is 21.3 Å². The molecular formula is C20H31ClN4O2. The lowest BCUT2D eigenvalue weighted by Crippen LogP contribution is -2.59. The molecule has 0 radical (unpaired) electrons. The van der Waals surface area contributed by atoms with Gasteiger partial charge in [-0.1, -0.05) is 43.2 Å². The third-order valence-electron chi connectivity index (χ3n) is 5.54. The number of rotatable bonds is 7. The molecule has 1 unspecified atom stereocenters. The lowest BCUT2D eigenvalue weighted by molar-refractivity contribution is -0.127. The first-order valence-corrected chi connectivity index (χ1v) is 9.77. The summed E-state index contributed by atoms with van der Waals surface area (Å²) in [7, 11) is 0. The molecule has 1 saturated carbocycles. The van der Waals surface area contributed by atoms with Gasteiger partial charge in [-0.2, -0.15) is 0 Å². The first kappa shape index (κ1) is 21.5. The highest BCUT2D eigenvalue weighted by atomic mass is 35.5. The van der Waals surface area contributed by atoms with Gasteiger partial charge in [0.15, 0.2) is 0 Å².